The maximum absolute atomic E-state index is 13.1. The van der Waals surface area contributed by atoms with Crippen molar-refractivity contribution in [2.75, 3.05) is 0 Å². The number of nitrogens with one attached hydrogen (secondary N) is 1. The lowest BCUT2D eigenvalue weighted by atomic mass is 10.2. The molecule has 1 aromatic carbocycles. The number of rotatable bonds is 6. The van der Waals surface area contributed by atoms with Crippen molar-refractivity contribution in [2.24, 2.45) is 0 Å². The third-order valence-electron chi connectivity index (χ3n) is 3.51. The molecule has 3 aromatic rings. The Kier molecular flexibility index (Phi) is 5.95. The monoisotopic (exact) mass is 435 g/mol. The van der Waals surface area contributed by atoms with Crippen molar-refractivity contribution in [3.63, 3.8) is 0 Å². The number of aromatic nitrogens is 2. The van der Waals surface area contributed by atoms with Crippen LogP contribution in [-0.2, 0) is 11.3 Å². The summed E-state index contributed by atoms with van der Waals surface area (Å²) < 4.78 is 19.1. The van der Waals surface area contributed by atoms with Crippen molar-refractivity contribution < 1.29 is 13.9 Å². The molecule has 2 heterocycles. The quantitative estimate of drug-likeness (QED) is 0.630. The second-order valence-electron chi connectivity index (χ2n) is 5.42. The molecule has 5 nitrogen and oxygen atoms in total. The van der Waals surface area contributed by atoms with E-state index < -0.39 is 6.10 Å². The van der Waals surface area contributed by atoms with E-state index in [1.54, 1.807) is 19.3 Å². The Morgan fingerprint density at radius 1 is 1.35 bits per heavy atom. The second kappa shape index (κ2) is 8.37. The lowest BCUT2D eigenvalue weighted by molar-refractivity contribution is -0.127. The first-order valence-corrected chi connectivity index (χ1v) is 9.44. The molecule has 2 aromatic heterocycles. The molecule has 26 heavy (non-hydrogen) atoms. The van der Waals surface area contributed by atoms with Crippen LogP contribution in [0.4, 0.5) is 4.39 Å². The Morgan fingerprint density at radius 2 is 2.12 bits per heavy atom. The van der Waals surface area contributed by atoms with Gasteiger partial charge < -0.3 is 10.1 Å². The fraction of sp³-hybridized carbons (Fsp3) is 0.167. The van der Waals surface area contributed by atoms with Gasteiger partial charge in [-0.3, -0.25) is 9.78 Å². The Balaban J connectivity index is 1.56. The van der Waals surface area contributed by atoms with Gasteiger partial charge in [0.05, 0.1) is 16.7 Å². The predicted octanol–water partition coefficient (Wildman–Crippen LogP) is 4.19. The number of hydrogen-bond acceptors (Lipinski definition) is 5. The zero-order valence-electron chi connectivity index (χ0n) is 13.8. The van der Waals surface area contributed by atoms with Crippen molar-refractivity contribution in [3.05, 3.63) is 63.4 Å². The summed E-state index contributed by atoms with van der Waals surface area (Å²) in [4.78, 5) is 20.7. The number of halogens is 2. The van der Waals surface area contributed by atoms with Crippen molar-refractivity contribution in [2.45, 2.75) is 19.6 Å². The highest BCUT2D eigenvalue weighted by atomic mass is 79.9. The van der Waals surface area contributed by atoms with Gasteiger partial charge in [-0.2, -0.15) is 0 Å². The normalized spacial score (nSPS) is 11.8. The lowest BCUT2D eigenvalue weighted by Gasteiger charge is -2.15. The summed E-state index contributed by atoms with van der Waals surface area (Å²) in [7, 11) is 0. The highest BCUT2D eigenvalue weighted by Gasteiger charge is 2.16. The van der Waals surface area contributed by atoms with Gasteiger partial charge in [0, 0.05) is 23.3 Å². The van der Waals surface area contributed by atoms with Gasteiger partial charge in [-0.15, -0.1) is 11.3 Å². The van der Waals surface area contributed by atoms with E-state index in [1.165, 1.54) is 29.5 Å². The molecule has 0 saturated heterocycles. The van der Waals surface area contributed by atoms with Crippen LogP contribution in [0.25, 0.3) is 11.3 Å². The number of benzene rings is 1. The molecule has 0 bridgehead atoms. The van der Waals surface area contributed by atoms with Gasteiger partial charge in [-0.1, -0.05) is 0 Å². The molecule has 0 aliphatic rings. The zero-order valence-corrected chi connectivity index (χ0v) is 16.2. The molecule has 0 fully saturated rings. The number of nitrogens with zero attached hydrogens (tertiary/aromatic N) is 2. The van der Waals surface area contributed by atoms with E-state index in [0.29, 0.717) is 16.8 Å². The molecule has 0 aliphatic carbocycles. The van der Waals surface area contributed by atoms with Crippen LogP contribution < -0.4 is 10.1 Å². The van der Waals surface area contributed by atoms with Gasteiger partial charge >= 0.3 is 0 Å². The lowest BCUT2D eigenvalue weighted by Crippen LogP contribution is -2.35. The summed E-state index contributed by atoms with van der Waals surface area (Å²) in [6.45, 7) is 1.95. The molecule has 3 rings (SSSR count). The summed E-state index contributed by atoms with van der Waals surface area (Å²) in [5.74, 6) is -0.250. The van der Waals surface area contributed by atoms with E-state index >= 15 is 0 Å². The van der Waals surface area contributed by atoms with Crippen LogP contribution in [0.5, 0.6) is 5.75 Å². The molecule has 1 N–H and O–H groups in total. The number of hydrogen-bond donors (Lipinski definition) is 1. The highest BCUT2D eigenvalue weighted by molar-refractivity contribution is 9.10. The highest BCUT2D eigenvalue weighted by Crippen LogP contribution is 2.26. The number of amides is 1. The molecule has 134 valence electrons. The van der Waals surface area contributed by atoms with E-state index in [1.807, 2.05) is 17.5 Å². The minimum Gasteiger partial charge on any atom is -0.480 e. The van der Waals surface area contributed by atoms with E-state index in [4.69, 9.17) is 4.74 Å². The van der Waals surface area contributed by atoms with Crippen LogP contribution in [0.2, 0.25) is 0 Å². The van der Waals surface area contributed by atoms with Crippen molar-refractivity contribution in [3.8, 4) is 17.0 Å². The largest absolute Gasteiger partial charge is 0.480 e. The van der Waals surface area contributed by atoms with Gasteiger partial charge in [0.25, 0.3) is 5.91 Å². The number of carbonyl (C=O) groups excluding carboxylic acids is 1. The van der Waals surface area contributed by atoms with Crippen LogP contribution in [0.1, 0.15) is 11.9 Å². The zero-order chi connectivity index (χ0) is 18.5. The summed E-state index contributed by atoms with van der Waals surface area (Å²) >= 11 is 4.69. The van der Waals surface area contributed by atoms with Crippen LogP contribution in [0, 0.1) is 5.82 Å². The summed E-state index contributed by atoms with van der Waals surface area (Å²) in [5, 5.41) is 5.53. The Labute approximate surface area is 162 Å². The van der Waals surface area contributed by atoms with E-state index in [2.05, 4.69) is 31.2 Å². The smallest absolute Gasteiger partial charge is 0.261 e. The van der Waals surface area contributed by atoms with E-state index in [0.717, 1.165) is 16.3 Å². The molecule has 1 atom stereocenters. The Hall–Kier alpha value is -2.32. The number of ether oxygens (including phenoxy) is 1. The first-order chi connectivity index (χ1) is 12.5. The fourth-order valence-electron chi connectivity index (χ4n) is 2.17. The Bertz CT molecular complexity index is 904. The summed E-state index contributed by atoms with van der Waals surface area (Å²) in [5.41, 5.74) is 1.83. The summed E-state index contributed by atoms with van der Waals surface area (Å²) in [6, 6.07) is 7.81. The molecule has 0 saturated carbocycles. The molecule has 1 amide bonds. The average molecular weight is 436 g/mol. The molecular formula is C18H15BrFN3O2S. The molecule has 0 spiro atoms. The SMILES string of the molecule is CC(Oc1ccc(F)cc1Br)C(=O)NCc1nc(-c2ccncc2)cs1. The van der Waals surface area contributed by atoms with Crippen molar-refractivity contribution in [1.82, 2.24) is 15.3 Å². The standard InChI is InChI=1S/C18H15BrFN3O2S/c1-11(25-16-3-2-13(20)8-14(16)19)18(24)22-9-17-23-15(10-26-17)12-4-6-21-7-5-12/h2-8,10-11H,9H2,1H3,(H,22,24). The number of carbonyl (C=O) groups is 1. The molecule has 0 aliphatic heterocycles. The third-order valence-corrected chi connectivity index (χ3v) is 4.98. The maximum atomic E-state index is 13.1. The van der Waals surface area contributed by atoms with Gasteiger partial charge in [0.2, 0.25) is 0 Å². The first kappa shape index (κ1) is 18.5. The van der Waals surface area contributed by atoms with Gasteiger partial charge in [0.1, 0.15) is 16.6 Å². The predicted molar refractivity (Wildman–Crippen MR) is 101 cm³/mol. The van der Waals surface area contributed by atoms with Gasteiger partial charge in [-0.05, 0) is 53.2 Å². The first-order valence-electron chi connectivity index (χ1n) is 7.77. The van der Waals surface area contributed by atoms with E-state index in [9.17, 15) is 9.18 Å². The molecule has 0 radical (unpaired) electrons. The number of pyridine rings is 1. The topological polar surface area (TPSA) is 64.1 Å². The second-order valence-corrected chi connectivity index (χ2v) is 7.21. The molecule has 1 unspecified atom stereocenters. The van der Waals surface area contributed by atoms with Crippen molar-refractivity contribution >= 4 is 33.2 Å². The number of thiazole rings is 1. The maximum Gasteiger partial charge on any atom is 0.261 e. The van der Waals surface area contributed by atoms with Crippen LogP contribution >= 0.6 is 27.3 Å². The minimum atomic E-state index is -0.726. The minimum absolute atomic E-state index is 0.276. The van der Waals surface area contributed by atoms with Gasteiger partial charge in [0.15, 0.2) is 6.10 Å². The summed E-state index contributed by atoms with van der Waals surface area (Å²) in [6.07, 6.45) is 2.70. The van der Waals surface area contributed by atoms with E-state index in [-0.39, 0.29) is 11.7 Å². The Morgan fingerprint density at radius 3 is 2.85 bits per heavy atom. The van der Waals surface area contributed by atoms with Crippen LogP contribution in [-0.4, -0.2) is 22.0 Å². The molecular weight excluding hydrogens is 421 g/mol. The van der Waals surface area contributed by atoms with Gasteiger partial charge in [-0.25, -0.2) is 9.37 Å². The fourth-order valence-corrected chi connectivity index (χ4v) is 3.36. The van der Waals surface area contributed by atoms with Crippen molar-refractivity contribution in [1.29, 1.82) is 0 Å². The molecule has 8 heteroatoms. The third kappa shape index (κ3) is 4.64. The average Bonchev–Trinajstić information content (AvgIpc) is 3.11. The van der Waals surface area contributed by atoms with Crippen LogP contribution in [0.15, 0.2) is 52.6 Å². The van der Waals surface area contributed by atoms with Crippen LogP contribution in [0.3, 0.4) is 0 Å².